The van der Waals surface area contributed by atoms with E-state index in [1.54, 1.807) is 37.3 Å². The summed E-state index contributed by atoms with van der Waals surface area (Å²) in [7, 11) is 0. The average molecular weight is 402 g/mol. The topological polar surface area (TPSA) is 85.8 Å². The third-order valence-electron chi connectivity index (χ3n) is 5.12. The van der Waals surface area contributed by atoms with E-state index in [1.165, 1.54) is 4.90 Å². The van der Waals surface area contributed by atoms with Gasteiger partial charge in [-0.3, -0.25) is 14.5 Å². The Morgan fingerprint density at radius 2 is 1.93 bits per heavy atom. The molecule has 2 aromatic heterocycles. The van der Waals surface area contributed by atoms with Crippen molar-refractivity contribution in [2.24, 2.45) is 0 Å². The Kier molecular flexibility index (Phi) is 4.17. The van der Waals surface area contributed by atoms with Crippen LogP contribution in [0.4, 0.5) is 5.82 Å². The maximum absolute atomic E-state index is 13.4. The molecule has 5 rings (SSSR count). The lowest BCUT2D eigenvalue weighted by molar-refractivity contribution is 0.0969. The molecular formula is C23H18N2O5. The van der Waals surface area contributed by atoms with E-state index in [1.807, 2.05) is 31.2 Å². The zero-order valence-corrected chi connectivity index (χ0v) is 16.4. The van der Waals surface area contributed by atoms with Crippen LogP contribution in [0.1, 0.15) is 40.4 Å². The Labute approximate surface area is 171 Å². The Hall–Kier alpha value is -3.87. The lowest BCUT2D eigenvalue weighted by Crippen LogP contribution is -2.29. The molecule has 0 saturated carbocycles. The van der Waals surface area contributed by atoms with Gasteiger partial charge in [0.05, 0.1) is 23.6 Å². The second kappa shape index (κ2) is 6.88. The molecule has 0 aliphatic carbocycles. The van der Waals surface area contributed by atoms with Crippen LogP contribution < -0.4 is 15.1 Å². The van der Waals surface area contributed by atoms with E-state index in [-0.39, 0.29) is 16.8 Å². The number of hydrogen-bond donors (Lipinski definition) is 0. The standard InChI is InChI=1S/C23H18N2O5/c1-3-28-15-8-6-7-14(12-15)20-19-21(26)16-9-4-5-10-17(16)29-22(19)23(27)25(20)18-11-13(2)30-24-18/h4-12,20H,3H2,1-2H3. The molecule has 0 radical (unpaired) electrons. The minimum Gasteiger partial charge on any atom is -0.494 e. The van der Waals surface area contributed by atoms with Crippen LogP contribution in [0, 0.1) is 6.92 Å². The number of aromatic nitrogens is 1. The number of amides is 1. The van der Waals surface area contributed by atoms with E-state index >= 15 is 0 Å². The van der Waals surface area contributed by atoms with E-state index < -0.39 is 11.9 Å². The quantitative estimate of drug-likeness (QED) is 0.508. The second-order valence-corrected chi connectivity index (χ2v) is 7.05. The molecule has 7 nitrogen and oxygen atoms in total. The molecule has 2 aromatic carbocycles. The second-order valence-electron chi connectivity index (χ2n) is 7.05. The van der Waals surface area contributed by atoms with Gasteiger partial charge in [0.15, 0.2) is 11.2 Å². The third kappa shape index (κ3) is 2.70. The maximum Gasteiger partial charge on any atom is 0.296 e. The first kappa shape index (κ1) is 18.2. The molecular weight excluding hydrogens is 384 g/mol. The van der Waals surface area contributed by atoms with E-state index in [4.69, 9.17) is 13.7 Å². The summed E-state index contributed by atoms with van der Waals surface area (Å²) in [5.74, 6) is 1.11. The SMILES string of the molecule is CCOc1cccc(C2c3c(oc4ccccc4c3=O)C(=O)N2c2cc(C)on2)c1. The smallest absolute Gasteiger partial charge is 0.296 e. The molecule has 1 atom stereocenters. The summed E-state index contributed by atoms with van der Waals surface area (Å²) in [4.78, 5) is 28.2. The van der Waals surface area contributed by atoms with Crippen molar-refractivity contribution in [3.63, 3.8) is 0 Å². The number of carbonyl (C=O) groups excluding carboxylic acids is 1. The van der Waals surface area contributed by atoms with Gasteiger partial charge in [0.2, 0.25) is 5.76 Å². The Balaban J connectivity index is 1.79. The predicted molar refractivity (Wildman–Crippen MR) is 110 cm³/mol. The fraction of sp³-hybridized carbons (Fsp3) is 0.174. The molecule has 30 heavy (non-hydrogen) atoms. The first-order valence-corrected chi connectivity index (χ1v) is 9.64. The summed E-state index contributed by atoms with van der Waals surface area (Å²) in [5, 5.41) is 4.44. The molecule has 4 aromatic rings. The molecule has 0 fully saturated rings. The van der Waals surface area contributed by atoms with Crippen molar-refractivity contribution in [1.82, 2.24) is 5.16 Å². The fourth-order valence-electron chi connectivity index (χ4n) is 3.88. The zero-order chi connectivity index (χ0) is 20.8. The summed E-state index contributed by atoms with van der Waals surface area (Å²) in [6.45, 7) is 4.14. The Bertz CT molecular complexity index is 1340. The Morgan fingerprint density at radius 1 is 1.10 bits per heavy atom. The van der Waals surface area contributed by atoms with Crippen molar-refractivity contribution >= 4 is 22.7 Å². The van der Waals surface area contributed by atoms with Crippen molar-refractivity contribution in [3.8, 4) is 5.75 Å². The lowest BCUT2D eigenvalue weighted by Gasteiger charge is -2.22. The van der Waals surface area contributed by atoms with Crippen LogP contribution in [0.25, 0.3) is 11.0 Å². The predicted octanol–water partition coefficient (Wildman–Crippen LogP) is 4.24. The average Bonchev–Trinajstić information content (AvgIpc) is 3.30. The number of para-hydroxylation sites is 1. The van der Waals surface area contributed by atoms with Gasteiger partial charge in [-0.2, -0.15) is 0 Å². The normalized spacial score (nSPS) is 15.6. The number of nitrogens with zero attached hydrogens (tertiary/aromatic N) is 2. The van der Waals surface area contributed by atoms with Crippen LogP contribution in [0.5, 0.6) is 5.75 Å². The minimum atomic E-state index is -0.710. The highest BCUT2D eigenvalue weighted by Crippen LogP contribution is 2.41. The minimum absolute atomic E-state index is 0.0196. The number of rotatable bonds is 4. The van der Waals surface area contributed by atoms with Crippen molar-refractivity contribution in [2.45, 2.75) is 19.9 Å². The first-order chi connectivity index (χ1) is 14.6. The molecule has 0 spiro atoms. The summed E-state index contributed by atoms with van der Waals surface area (Å²) >= 11 is 0. The van der Waals surface area contributed by atoms with Gasteiger partial charge in [0, 0.05) is 6.07 Å². The molecule has 3 heterocycles. The molecule has 7 heteroatoms. The van der Waals surface area contributed by atoms with Gasteiger partial charge in [-0.25, -0.2) is 0 Å². The number of aryl methyl sites for hydroxylation is 1. The lowest BCUT2D eigenvalue weighted by atomic mass is 9.98. The van der Waals surface area contributed by atoms with Crippen molar-refractivity contribution in [1.29, 1.82) is 0 Å². The van der Waals surface area contributed by atoms with Crippen molar-refractivity contribution in [2.75, 3.05) is 11.5 Å². The molecule has 1 aliphatic rings. The van der Waals surface area contributed by atoms with Crippen LogP contribution >= 0.6 is 0 Å². The molecule has 1 amide bonds. The van der Waals surface area contributed by atoms with E-state index in [9.17, 15) is 9.59 Å². The van der Waals surface area contributed by atoms with E-state index in [0.717, 1.165) is 5.56 Å². The van der Waals surface area contributed by atoms with Crippen molar-refractivity contribution in [3.05, 3.63) is 87.5 Å². The van der Waals surface area contributed by atoms with Crippen LogP contribution in [-0.2, 0) is 0 Å². The highest BCUT2D eigenvalue weighted by atomic mass is 16.5. The molecule has 0 bridgehead atoms. The molecule has 0 saturated heterocycles. The fourth-order valence-corrected chi connectivity index (χ4v) is 3.88. The van der Waals surface area contributed by atoms with Gasteiger partial charge in [-0.05, 0) is 43.7 Å². The van der Waals surface area contributed by atoms with Gasteiger partial charge >= 0.3 is 0 Å². The van der Waals surface area contributed by atoms with Crippen LogP contribution in [0.3, 0.4) is 0 Å². The van der Waals surface area contributed by atoms with E-state index in [0.29, 0.717) is 34.9 Å². The molecule has 0 N–H and O–H groups in total. The van der Waals surface area contributed by atoms with Gasteiger partial charge in [0.25, 0.3) is 5.91 Å². The number of anilines is 1. The summed E-state index contributed by atoms with van der Waals surface area (Å²) < 4.78 is 16.7. The van der Waals surface area contributed by atoms with Crippen LogP contribution in [-0.4, -0.2) is 17.7 Å². The highest BCUT2D eigenvalue weighted by Gasteiger charge is 2.45. The molecule has 1 aliphatic heterocycles. The Morgan fingerprint density at radius 3 is 2.70 bits per heavy atom. The van der Waals surface area contributed by atoms with Gasteiger partial charge in [-0.1, -0.05) is 29.4 Å². The third-order valence-corrected chi connectivity index (χ3v) is 5.12. The monoisotopic (exact) mass is 402 g/mol. The zero-order valence-electron chi connectivity index (χ0n) is 16.4. The number of hydrogen-bond acceptors (Lipinski definition) is 6. The van der Waals surface area contributed by atoms with Crippen LogP contribution in [0.15, 0.2) is 68.3 Å². The van der Waals surface area contributed by atoms with Gasteiger partial charge in [0.1, 0.15) is 17.1 Å². The molecule has 150 valence electrons. The number of benzene rings is 2. The summed E-state index contributed by atoms with van der Waals surface area (Å²) in [6, 6.07) is 15.2. The van der Waals surface area contributed by atoms with Crippen molar-refractivity contribution < 1.29 is 18.5 Å². The van der Waals surface area contributed by atoms with Gasteiger partial charge in [-0.15, -0.1) is 0 Å². The maximum atomic E-state index is 13.4. The number of fused-ring (bicyclic) bond motifs is 2. The van der Waals surface area contributed by atoms with E-state index in [2.05, 4.69) is 5.16 Å². The van der Waals surface area contributed by atoms with Crippen LogP contribution in [0.2, 0.25) is 0 Å². The largest absolute Gasteiger partial charge is 0.494 e. The molecule has 1 unspecified atom stereocenters. The number of ether oxygens (including phenoxy) is 1. The highest BCUT2D eigenvalue weighted by molar-refractivity contribution is 6.10. The summed E-state index contributed by atoms with van der Waals surface area (Å²) in [5.41, 5.74) is 1.13. The van der Waals surface area contributed by atoms with Gasteiger partial charge < -0.3 is 13.7 Å². The number of carbonyl (C=O) groups is 1. The first-order valence-electron chi connectivity index (χ1n) is 9.64. The summed E-state index contributed by atoms with van der Waals surface area (Å²) in [6.07, 6.45) is 0.